The number of likely N-dealkylation sites (tertiary alicyclic amines) is 1. The first kappa shape index (κ1) is 84.0. The van der Waals surface area contributed by atoms with Crippen LogP contribution >= 0.6 is 0 Å². The lowest BCUT2D eigenvalue weighted by atomic mass is 9.49. The van der Waals surface area contributed by atoms with E-state index in [1.165, 1.54) is 187 Å². The quantitative estimate of drug-likeness (QED) is 0.271. The third-order valence-corrected chi connectivity index (χ3v) is 32.1. The molecule has 0 radical (unpaired) electrons. The Morgan fingerprint density at radius 1 is 0.304 bits per heavy atom. The van der Waals surface area contributed by atoms with Gasteiger partial charge in [0, 0.05) is 16.4 Å². The average Bonchev–Trinajstić information content (AvgIpc) is 1.02. The molecular formula is C108H206F3N. The SMILES string of the molecule is CC12CC3CC(CC(C3)C1)C2.CC1CCCCC1.CC1CCN(C)CC1.CCC12CC3CC(CC(C3)C1)C2.[2H]C([2H])(C)C1CCC(C)CC1.[2H]C([2H])(C)C1CCCC1.[2H]C([2H])(C)C1CCCCC1.[2H]C1(C)CCC(C)(C(F)(F)F)CC1.[2H]C1(C)CCC(C)(C)CC1.[2H]C1(C)CCC(C)CC1.[2H]C1(C)CCC(C)CC1.[2H]C1(C)CCCC1.[2H]C1(C)CCCCC1. The number of hydrogen-bond acceptors (Lipinski definition) is 1. The van der Waals surface area contributed by atoms with Crippen LogP contribution in [0, 0.1) is 140 Å². The smallest absolute Gasteiger partial charge is 0.306 e. The maximum absolute atomic E-state index is 12.5. The largest absolute Gasteiger partial charge is 0.394 e. The molecule has 0 aromatic rings. The van der Waals surface area contributed by atoms with Crippen LogP contribution in [-0.4, -0.2) is 31.2 Å². The monoisotopic (exact) mass is 1590 g/mol. The second-order valence-corrected chi connectivity index (χ2v) is 44.5. The van der Waals surface area contributed by atoms with Gasteiger partial charge in [0.05, 0.1) is 5.41 Å². The predicted molar refractivity (Wildman–Crippen MR) is 493 cm³/mol. The first-order valence-electron chi connectivity index (χ1n) is 55.9. The minimum atomic E-state index is -4.11. The maximum atomic E-state index is 12.5. The molecule has 0 unspecified atom stereocenters. The van der Waals surface area contributed by atoms with Gasteiger partial charge in [-0.3, -0.25) is 0 Å². The highest BCUT2D eigenvalue weighted by molar-refractivity contribution is 5.01. The van der Waals surface area contributed by atoms with Crippen molar-refractivity contribution in [2.75, 3.05) is 20.1 Å². The highest BCUT2D eigenvalue weighted by atomic mass is 19.4. The summed E-state index contributed by atoms with van der Waals surface area (Å²) in [5.41, 5.74) is 0.609. The van der Waals surface area contributed by atoms with E-state index >= 15 is 0 Å². The van der Waals surface area contributed by atoms with Gasteiger partial charge in [-0.1, -0.05) is 395 Å². The van der Waals surface area contributed by atoms with Crippen molar-refractivity contribution in [1.29, 1.82) is 0 Å². The Labute approximate surface area is 720 Å². The lowest BCUT2D eigenvalue weighted by Gasteiger charge is -2.56. The number of halogens is 3. The van der Waals surface area contributed by atoms with Gasteiger partial charge in [0.1, 0.15) is 0 Å². The Hall–Kier alpha value is -0.250. The standard InChI is InChI=1S/C12H20.C11H18.C9H15F3.2C9H18.3C8H16.C7H15N.3C7H14.C6H12/c1-2-12-6-9-3-10(7-12)5-11(4-9)8-12;1-11-5-8-2-9(6-11)4-10(3-8)7-11;1-7-3-5-8(2,6-4-7)9(10,11)12;1-8-4-6-9(2,3)7-5-8;1-3-9-6-4-8(2)5-7-9;2*1-7-3-5-8(2)6-4-7;1-2-8-6-4-3-5-7-8;1-7-3-5-8(2)6-4-7;2*1-7-5-3-2-4-6-7;1-2-7-5-3-4-6-7;1-6-4-2-3-5-6/h9-11H,2-8H2,1H3;8-10H,2-7H2,1H3;7H,3-6H2,1-2H3;8H,4-7H2,1-3H3;8-9H,3-7H2,1-2H3;2*7-8H,3-6H2,1-2H3;8H,2-7H2,1H3;7H,3-6H2,1-2H3;3*7H,2-6H2,1H3;6H,2-5H2,1H3/i;;7D;8D;3D2;2*7D;2D2;;7D;;2D2;6D. The molecule has 0 aromatic heterocycles. The molecule has 19 fully saturated rings. The summed E-state index contributed by atoms with van der Waals surface area (Å²) in [5.74, 6) is 11.4. The predicted octanol–water partition coefficient (Wildman–Crippen LogP) is 37.0. The van der Waals surface area contributed by atoms with Gasteiger partial charge in [0.15, 0.2) is 0 Å². The van der Waals surface area contributed by atoms with Crippen LogP contribution in [0.5, 0.6) is 0 Å². The zero-order valence-corrected chi connectivity index (χ0v) is 79.1. The third kappa shape index (κ3) is 43.0. The second-order valence-electron chi connectivity index (χ2n) is 44.5. The molecule has 0 spiro atoms. The summed E-state index contributed by atoms with van der Waals surface area (Å²) < 4.78 is 128. The number of alkyl halides is 3. The van der Waals surface area contributed by atoms with Crippen molar-refractivity contribution in [3.8, 4) is 0 Å². The van der Waals surface area contributed by atoms with Crippen LogP contribution in [0.4, 0.5) is 13.2 Å². The van der Waals surface area contributed by atoms with Gasteiger partial charge < -0.3 is 4.90 Å². The average molecular weight is 1590 g/mol. The Morgan fingerprint density at radius 2 is 0.554 bits per heavy atom. The molecule has 8 bridgehead atoms. The normalized spacial score (nSPS) is 41.3. The van der Waals surface area contributed by atoms with E-state index in [0.717, 1.165) is 179 Å². The fraction of sp³-hybridized carbons (Fsp3) is 1.00. The summed E-state index contributed by atoms with van der Waals surface area (Å²) in [7, 11) is 2.20. The number of rotatable bonds is 4. The van der Waals surface area contributed by atoms with Crippen LogP contribution in [0.15, 0.2) is 0 Å². The summed E-state index contributed by atoms with van der Waals surface area (Å²) >= 11 is 0. The topological polar surface area (TPSA) is 3.24 Å². The van der Waals surface area contributed by atoms with Gasteiger partial charge in [-0.05, 0) is 283 Å². The molecule has 0 atom stereocenters. The van der Waals surface area contributed by atoms with Crippen LogP contribution in [-0.2, 0) is 0 Å². The molecule has 1 nitrogen and oxygen atoms in total. The van der Waals surface area contributed by atoms with Crippen LogP contribution in [0.25, 0.3) is 0 Å². The van der Waals surface area contributed by atoms with Gasteiger partial charge in [-0.2, -0.15) is 13.2 Å². The molecule has 18 saturated carbocycles. The summed E-state index contributed by atoms with van der Waals surface area (Å²) in [6, 6.07) is 0. The Kier molecular flexibility index (Phi) is 41.2. The first-order valence-corrected chi connectivity index (χ1v) is 49.9. The Balaban J connectivity index is 0.000000239. The molecule has 0 amide bonds. The molecule has 1 aliphatic heterocycles. The molecule has 19 rings (SSSR count). The molecule has 1 saturated heterocycles. The van der Waals surface area contributed by atoms with E-state index in [4.69, 9.17) is 16.4 Å². The van der Waals surface area contributed by atoms with Gasteiger partial charge in [-0.25, -0.2) is 0 Å². The molecule has 0 N–H and O–H groups in total. The second kappa shape index (κ2) is 55.0. The van der Waals surface area contributed by atoms with Crippen molar-refractivity contribution in [2.45, 2.75) is 529 Å². The number of hydrogen-bond donors (Lipinski definition) is 0. The van der Waals surface area contributed by atoms with E-state index in [2.05, 4.69) is 95.0 Å². The summed E-state index contributed by atoms with van der Waals surface area (Å²) in [4.78, 5) is 2.40. The molecule has 112 heavy (non-hydrogen) atoms. The Morgan fingerprint density at radius 3 is 0.804 bits per heavy atom. The van der Waals surface area contributed by atoms with Crippen LogP contribution in [0.3, 0.4) is 0 Å². The fourth-order valence-corrected chi connectivity index (χ4v) is 23.4. The molecule has 18 aliphatic carbocycles. The molecule has 4 heteroatoms. The van der Waals surface area contributed by atoms with Crippen LogP contribution in [0.1, 0.15) is 540 Å². The zero-order valence-electron chi connectivity index (χ0n) is 91.1. The summed E-state index contributed by atoms with van der Waals surface area (Å²) in [5, 5.41) is 0. The van der Waals surface area contributed by atoms with Crippen molar-refractivity contribution >= 4 is 0 Å². The fourth-order valence-electron chi connectivity index (χ4n) is 23.4. The van der Waals surface area contributed by atoms with Crippen molar-refractivity contribution in [3.05, 3.63) is 0 Å². The lowest BCUT2D eigenvalue weighted by molar-refractivity contribution is -0.229. The maximum Gasteiger partial charge on any atom is 0.394 e. The van der Waals surface area contributed by atoms with E-state index in [9.17, 15) is 13.2 Å². The number of piperidine rings is 1. The van der Waals surface area contributed by atoms with Crippen LogP contribution < -0.4 is 0 Å². The molecule has 1 heterocycles. The van der Waals surface area contributed by atoms with E-state index in [1.54, 1.807) is 105 Å². The summed E-state index contributed by atoms with van der Waals surface area (Å²) in [6.45, 7) is 42.1. The van der Waals surface area contributed by atoms with Crippen molar-refractivity contribution in [3.63, 3.8) is 0 Å². The van der Waals surface area contributed by atoms with Gasteiger partial charge in [0.25, 0.3) is 0 Å². The van der Waals surface area contributed by atoms with Crippen LogP contribution in [0.2, 0.25) is 0 Å². The Bertz CT molecular complexity index is 2650. The molecule has 664 valence electrons. The van der Waals surface area contributed by atoms with Gasteiger partial charge >= 0.3 is 6.18 Å². The van der Waals surface area contributed by atoms with E-state index in [0.29, 0.717) is 36.0 Å². The minimum absolute atomic E-state index is 0.0556. The minimum Gasteiger partial charge on any atom is -0.306 e. The van der Waals surface area contributed by atoms with E-state index in [1.807, 2.05) is 13.8 Å². The van der Waals surface area contributed by atoms with Gasteiger partial charge in [0.2, 0.25) is 0 Å². The lowest BCUT2D eigenvalue weighted by Crippen LogP contribution is -2.45. The highest BCUT2D eigenvalue weighted by Crippen LogP contribution is 2.62. The molecule has 0 aromatic carbocycles. The highest BCUT2D eigenvalue weighted by Gasteiger charge is 2.52. The number of nitrogens with zero attached hydrogens (tertiary/aromatic N) is 1. The summed E-state index contributed by atoms with van der Waals surface area (Å²) in [6.07, 6.45) is 65.0. The first-order chi connectivity index (χ1) is 57.1. The van der Waals surface area contributed by atoms with Crippen molar-refractivity contribution in [2.24, 2.45) is 140 Å². The zero-order chi connectivity index (χ0) is 93.1. The third-order valence-electron chi connectivity index (χ3n) is 32.1. The van der Waals surface area contributed by atoms with Gasteiger partial charge in [-0.15, -0.1) is 0 Å². The van der Waals surface area contributed by atoms with Crippen molar-refractivity contribution < 1.29 is 29.6 Å². The van der Waals surface area contributed by atoms with Crippen molar-refractivity contribution in [1.82, 2.24) is 4.90 Å². The molecule has 19 aliphatic rings. The van der Waals surface area contributed by atoms with E-state index in [-0.39, 0.29) is 42.3 Å². The molecular weight excluding hydrogens is 1370 g/mol. The van der Waals surface area contributed by atoms with E-state index < -0.39 is 36.6 Å².